The minimum absolute atomic E-state index is 0. The lowest BCUT2D eigenvalue weighted by Crippen LogP contribution is -1.95. The van der Waals surface area contributed by atoms with Gasteiger partial charge in [-0.1, -0.05) is 20.3 Å². The third-order valence-electron chi connectivity index (χ3n) is 2.89. The second-order valence-corrected chi connectivity index (χ2v) is 4.08. The molecule has 2 nitrogen and oxygen atoms in total. The van der Waals surface area contributed by atoms with Gasteiger partial charge in [-0.25, -0.2) is 0 Å². The first kappa shape index (κ1) is 11.1. The number of hydrogen-bond donors (Lipinski definition) is 1. The van der Waals surface area contributed by atoms with Crippen molar-refractivity contribution in [2.75, 3.05) is 6.61 Å². The zero-order chi connectivity index (χ0) is 11.4. The predicted molar refractivity (Wildman–Crippen MR) is 72.3 cm³/mol. The first-order valence-electron chi connectivity index (χ1n) is 6.08. The van der Waals surface area contributed by atoms with Gasteiger partial charge in [-0.2, -0.15) is 0 Å². The first-order valence-corrected chi connectivity index (χ1v) is 6.08. The zero-order valence-corrected chi connectivity index (χ0v) is 10.0. The van der Waals surface area contributed by atoms with Crippen molar-refractivity contribution in [1.82, 2.24) is 4.98 Å². The molecule has 0 amide bonds. The van der Waals surface area contributed by atoms with Crippen molar-refractivity contribution < 1.29 is 7.59 Å². The van der Waals surface area contributed by atoms with Gasteiger partial charge in [0.2, 0.25) is 0 Å². The smallest absolute Gasteiger partial charge is 0.120 e. The molecule has 2 aromatic rings. The van der Waals surface area contributed by atoms with Crippen molar-refractivity contribution in [2.24, 2.45) is 0 Å². The summed E-state index contributed by atoms with van der Waals surface area (Å²) in [5.74, 6) is 0.982. The maximum Gasteiger partial charge on any atom is 0.120 e. The fourth-order valence-electron chi connectivity index (χ4n) is 1.87. The Morgan fingerprint density at radius 2 is 2.19 bits per heavy atom. The Kier molecular flexibility index (Phi) is 3.50. The van der Waals surface area contributed by atoms with Gasteiger partial charge in [0.25, 0.3) is 0 Å². The Bertz CT molecular complexity index is 468. The van der Waals surface area contributed by atoms with Crippen molar-refractivity contribution in [3.05, 3.63) is 30.0 Å². The normalized spacial score (nSPS) is 10.9. The van der Waals surface area contributed by atoms with Gasteiger partial charge in [0.1, 0.15) is 5.75 Å². The van der Waals surface area contributed by atoms with Crippen LogP contribution in [0.1, 0.15) is 35.1 Å². The third kappa shape index (κ3) is 2.21. The molecule has 0 spiro atoms. The van der Waals surface area contributed by atoms with E-state index in [1.54, 1.807) is 0 Å². The topological polar surface area (TPSA) is 25.0 Å². The van der Waals surface area contributed by atoms with E-state index in [0.717, 1.165) is 25.2 Å². The molecule has 0 aliphatic heterocycles. The maximum absolute atomic E-state index is 5.71. The summed E-state index contributed by atoms with van der Waals surface area (Å²) in [5, 5.41) is 1.29. The van der Waals surface area contributed by atoms with Crippen LogP contribution in [-0.4, -0.2) is 11.6 Å². The van der Waals surface area contributed by atoms with Crippen LogP contribution < -0.4 is 4.74 Å². The van der Waals surface area contributed by atoms with Gasteiger partial charge in [0.15, 0.2) is 0 Å². The van der Waals surface area contributed by atoms with Crippen molar-refractivity contribution in [3.63, 3.8) is 0 Å². The highest BCUT2D eigenvalue weighted by Crippen LogP contribution is 2.24. The molecule has 0 atom stereocenters. The van der Waals surface area contributed by atoms with E-state index < -0.39 is 0 Å². The second-order valence-electron chi connectivity index (χ2n) is 4.08. The SMILES string of the molecule is CCCCOc1ccc2[nH]cc(CC)c2c1.[HH].[HH]. The molecule has 2 rings (SSSR count). The van der Waals surface area contributed by atoms with Crippen LogP contribution in [0, 0.1) is 0 Å². The lowest BCUT2D eigenvalue weighted by molar-refractivity contribution is 0.310. The van der Waals surface area contributed by atoms with Gasteiger partial charge in [-0.15, -0.1) is 0 Å². The Morgan fingerprint density at radius 1 is 1.31 bits per heavy atom. The summed E-state index contributed by atoms with van der Waals surface area (Å²) in [5.41, 5.74) is 2.55. The minimum atomic E-state index is 0. The molecule has 16 heavy (non-hydrogen) atoms. The van der Waals surface area contributed by atoms with Gasteiger partial charge in [-0.3, -0.25) is 0 Å². The zero-order valence-electron chi connectivity index (χ0n) is 10.0. The number of benzene rings is 1. The number of hydrogen-bond acceptors (Lipinski definition) is 1. The van der Waals surface area contributed by atoms with Gasteiger partial charge >= 0.3 is 0 Å². The highest BCUT2D eigenvalue weighted by Gasteiger charge is 2.03. The van der Waals surface area contributed by atoms with Gasteiger partial charge < -0.3 is 9.72 Å². The Morgan fingerprint density at radius 3 is 2.94 bits per heavy atom. The number of aryl methyl sites for hydroxylation is 1. The molecule has 0 radical (unpaired) electrons. The van der Waals surface area contributed by atoms with Crippen LogP contribution in [0.3, 0.4) is 0 Å². The van der Waals surface area contributed by atoms with Crippen LogP contribution in [0.5, 0.6) is 5.75 Å². The van der Waals surface area contributed by atoms with E-state index in [-0.39, 0.29) is 2.85 Å². The summed E-state index contributed by atoms with van der Waals surface area (Å²) < 4.78 is 5.71. The first-order chi connectivity index (χ1) is 7.85. The quantitative estimate of drug-likeness (QED) is 0.744. The third-order valence-corrected chi connectivity index (χ3v) is 2.89. The molecular formula is C14H23NO. The largest absolute Gasteiger partial charge is 0.494 e. The molecule has 1 aromatic carbocycles. The molecule has 0 fully saturated rings. The molecular weight excluding hydrogens is 198 g/mol. The fraction of sp³-hybridized carbons (Fsp3) is 0.429. The van der Waals surface area contributed by atoms with E-state index in [9.17, 15) is 0 Å². The summed E-state index contributed by atoms with van der Waals surface area (Å²) in [6.45, 7) is 5.16. The number of aromatic nitrogens is 1. The lowest BCUT2D eigenvalue weighted by Gasteiger charge is -2.05. The number of nitrogens with one attached hydrogen (secondary N) is 1. The number of rotatable bonds is 5. The monoisotopic (exact) mass is 221 g/mol. The number of unbranched alkanes of at least 4 members (excludes halogenated alkanes) is 1. The molecule has 0 saturated carbocycles. The van der Waals surface area contributed by atoms with Gasteiger partial charge in [-0.05, 0) is 36.6 Å². The predicted octanol–water partition coefficient (Wildman–Crippen LogP) is 4.40. The van der Waals surface area contributed by atoms with E-state index in [4.69, 9.17) is 4.74 Å². The standard InChI is InChI=1S/C14H19NO.2H2/c1-3-5-8-16-12-6-7-14-13(9-12)11(4-2)10-15-14;;/h6-7,9-10,15H,3-5,8H2,1-2H3;2*1H. The summed E-state index contributed by atoms with van der Waals surface area (Å²) >= 11 is 0. The molecule has 0 bridgehead atoms. The van der Waals surface area contributed by atoms with Crippen LogP contribution >= 0.6 is 0 Å². The molecule has 0 saturated heterocycles. The molecule has 1 aromatic heterocycles. The number of aromatic amines is 1. The highest BCUT2D eigenvalue weighted by molar-refractivity contribution is 5.84. The highest BCUT2D eigenvalue weighted by atomic mass is 16.5. The van der Waals surface area contributed by atoms with E-state index in [1.807, 2.05) is 6.07 Å². The van der Waals surface area contributed by atoms with E-state index in [1.165, 1.54) is 22.9 Å². The van der Waals surface area contributed by atoms with Crippen molar-refractivity contribution in [1.29, 1.82) is 0 Å². The number of fused-ring (bicyclic) bond motifs is 1. The molecule has 0 aliphatic rings. The molecule has 2 heteroatoms. The molecule has 1 N–H and O–H groups in total. The van der Waals surface area contributed by atoms with E-state index in [2.05, 4.69) is 37.2 Å². The minimum Gasteiger partial charge on any atom is -0.494 e. The van der Waals surface area contributed by atoms with Crippen molar-refractivity contribution in [3.8, 4) is 5.75 Å². The van der Waals surface area contributed by atoms with Crippen LogP contribution in [0.25, 0.3) is 10.9 Å². The Balaban J connectivity index is 0.00000144. The molecule has 90 valence electrons. The Labute approximate surface area is 99.6 Å². The van der Waals surface area contributed by atoms with Gasteiger partial charge in [0.05, 0.1) is 6.61 Å². The van der Waals surface area contributed by atoms with Gasteiger partial charge in [0, 0.05) is 20.0 Å². The molecule has 1 heterocycles. The second kappa shape index (κ2) is 5.06. The number of H-pyrrole nitrogens is 1. The molecule has 0 unspecified atom stereocenters. The van der Waals surface area contributed by atoms with Crippen molar-refractivity contribution >= 4 is 10.9 Å². The maximum atomic E-state index is 5.71. The van der Waals surface area contributed by atoms with Crippen LogP contribution in [-0.2, 0) is 6.42 Å². The van der Waals surface area contributed by atoms with Crippen molar-refractivity contribution in [2.45, 2.75) is 33.1 Å². The Hall–Kier alpha value is -1.44. The molecule has 0 aliphatic carbocycles. The van der Waals surface area contributed by atoms with Crippen LogP contribution in [0.15, 0.2) is 24.4 Å². The van der Waals surface area contributed by atoms with Crippen LogP contribution in [0.4, 0.5) is 0 Å². The van der Waals surface area contributed by atoms with E-state index in [0.29, 0.717) is 0 Å². The average molecular weight is 221 g/mol. The average Bonchev–Trinajstić information content (AvgIpc) is 2.71. The van der Waals surface area contributed by atoms with E-state index >= 15 is 0 Å². The lowest BCUT2D eigenvalue weighted by atomic mass is 10.1. The fourth-order valence-corrected chi connectivity index (χ4v) is 1.87. The summed E-state index contributed by atoms with van der Waals surface area (Å²) in [4.78, 5) is 3.28. The summed E-state index contributed by atoms with van der Waals surface area (Å²) in [6, 6.07) is 6.27. The summed E-state index contributed by atoms with van der Waals surface area (Å²) in [7, 11) is 0. The number of ether oxygens (including phenoxy) is 1. The van der Waals surface area contributed by atoms with Crippen LogP contribution in [0.2, 0.25) is 0 Å². The summed E-state index contributed by atoms with van der Waals surface area (Å²) in [6.07, 6.45) is 5.43.